The minimum Gasteiger partial charge on any atom is -0.256 e. The van der Waals surface area contributed by atoms with E-state index in [9.17, 15) is 0 Å². The van der Waals surface area contributed by atoms with E-state index >= 15 is 0 Å². The zero-order valence-electron chi connectivity index (χ0n) is 20.6. The third kappa shape index (κ3) is 3.70. The molecule has 5 rings (SSSR count). The van der Waals surface area contributed by atoms with Crippen molar-refractivity contribution in [3.8, 4) is 11.3 Å². The van der Waals surface area contributed by atoms with Crippen LogP contribution in [-0.2, 0) is 0 Å². The first kappa shape index (κ1) is 21.6. The van der Waals surface area contributed by atoms with Gasteiger partial charge in [0.15, 0.2) is 0 Å². The molecule has 166 valence electrons. The molecule has 1 heterocycles. The number of hydrogen-bond donors (Lipinski definition) is 0. The molecule has 0 fully saturated rings. The Hall–Kier alpha value is -3.19. The zero-order chi connectivity index (χ0) is 23.3. The predicted molar refractivity (Wildman–Crippen MR) is 144 cm³/mol. The van der Waals surface area contributed by atoms with Gasteiger partial charge in [-0.25, -0.2) is 0 Å². The quantitative estimate of drug-likeness (QED) is 0.258. The first-order valence-corrected chi connectivity index (χ1v) is 12.2. The highest BCUT2D eigenvalue weighted by molar-refractivity contribution is 6.19. The number of benzene rings is 4. The van der Waals surface area contributed by atoms with E-state index in [2.05, 4.69) is 108 Å². The fourth-order valence-corrected chi connectivity index (χ4v) is 5.06. The molecule has 0 aliphatic heterocycles. The summed E-state index contributed by atoms with van der Waals surface area (Å²) in [5, 5.41) is 7.85. The molecule has 1 aromatic heterocycles. The fourth-order valence-electron chi connectivity index (χ4n) is 5.06. The van der Waals surface area contributed by atoms with Crippen LogP contribution in [0.15, 0.2) is 72.9 Å². The van der Waals surface area contributed by atoms with Crippen molar-refractivity contribution >= 4 is 32.3 Å². The van der Waals surface area contributed by atoms with Crippen LogP contribution in [0.4, 0.5) is 0 Å². The van der Waals surface area contributed by atoms with Crippen molar-refractivity contribution < 1.29 is 0 Å². The van der Waals surface area contributed by atoms with Crippen molar-refractivity contribution in [1.29, 1.82) is 0 Å². The summed E-state index contributed by atoms with van der Waals surface area (Å²) in [4.78, 5) is 4.90. The minimum atomic E-state index is 0.465. The SMILES string of the molecule is CC(C)c1cc(-c2nccc3c2ccc2c4ccccc4c(C(C)C)cc32)cc(C(C)C)c1. The third-order valence-corrected chi connectivity index (χ3v) is 7.02. The summed E-state index contributed by atoms with van der Waals surface area (Å²) in [6.45, 7) is 13.7. The molecule has 0 bridgehead atoms. The molecule has 0 radical (unpaired) electrons. The summed E-state index contributed by atoms with van der Waals surface area (Å²) in [6, 6.07) is 25.0. The Bertz CT molecular complexity index is 1460. The highest BCUT2D eigenvalue weighted by Gasteiger charge is 2.15. The highest BCUT2D eigenvalue weighted by atomic mass is 14.7. The maximum atomic E-state index is 4.90. The van der Waals surface area contributed by atoms with Gasteiger partial charge in [-0.1, -0.05) is 84.0 Å². The van der Waals surface area contributed by atoms with Gasteiger partial charge in [0, 0.05) is 17.1 Å². The highest BCUT2D eigenvalue weighted by Crippen LogP contribution is 2.39. The van der Waals surface area contributed by atoms with Crippen LogP contribution in [-0.4, -0.2) is 4.98 Å². The average molecular weight is 432 g/mol. The van der Waals surface area contributed by atoms with Gasteiger partial charge < -0.3 is 0 Å². The summed E-state index contributed by atoms with van der Waals surface area (Å²) in [5.74, 6) is 1.43. The Morgan fingerprint density at radius 2 is 1.09 bits per heavy atom. The van der Waals surface area contributed by atoms with Crippen LogP contribution in [0.5, 0.6) is 0 Å². The molecule has 0 atom stereocenters. The molecule has 0 spiro atoms. The van der Waals surface area contributed by atoms with Gasteiger partial charge in [0.1, 0.15) is 0 Å². The largest absolute Gasteiger partial charge is 0.256 e. The lowest BCUT2D eigenvalue weighted by Gasteiger charge is -2.17. The summed E-state index contributed by atoms with van der Waals surface area (Å²) in [5.41, 5.74) is 6.47. The van der Waals surface area contributed by atoms with Gasteiger partial charge in [-0.05, 0) is 85.6 Å². The van der Waals surface area contributed by atoms with Crippen molar-refractivity contribution in [2.45, 2.75) is 59.3 Å². The number of fused-ring (bicyclic) bond motifs is 5. The van der Waals surface area contributed by atoms with Crippen molar-refractivity contribution in [3.05, 3.63) is 89.6 Å². The van der Waals surface area contributed by atoms with E-state index in [1.807, 2.05) is 6.20 Å². The van der Waals surface area contributed by atoms with Crippen LogP contribution in [0, 0.1) is 0 Å². The molecule has 0 unspecified atom stereocenters. The maximum Gasteiger partial charge on any atom is 0.0780 e. The minimum absolute atomic E-state index is 0.465. The number of aromatic nitrogens is 1. The van der Waals surface area contributed by atoms with E-state index in [1.165, 1.54) is 54.6 Å². The van der Waals surface area contributed by atoms with Gasteiger partial charge in [0.2, 0.25) is 0 Å². The topological polar surface area (TPSA) is 12.9 Å². The Balaban J connectivity index is 1.85. The average Bonchev–Trinajstić information content (AvgIpc) is 2.82. The second-order valence-electron chi connectivity index (χ2n) is 10.3. The smallest absolute Gasteiger partial charge is 0.0780 e. The van der Waals surface area contributed by atoms with E-state index in [4.69, 9.17) is 4.98 Å². The number of pyridine rings is 1. The molecule has 0 saturated heterocycles. The Morgan fingerprint density at radius 1 is 0.515 bits per heavy atom. The van der Waals surface area contributed by atoms with Gasteiger partial charge in [0.05, 0.1) is 5.69 Å². The van der Waals surface area contributed by atoms with Crippen molar-refractivity contribution in [2.75, 3.05) is 0 Å². The molecule has 5 aromatic rings. The Kier molecular flexibility index (Phi) is 5.44. The lowest BCUT2D eigenvalue weighted by Crippen LogP contribution is -1.97. The van der Waals surface area contributed by atoms with Crippen molar-refractivity contribution in [2.24, 2.45) is 0 Å². The summed E-state index contributed by atoms with van der Waals surface area (Å²) >= 11 is 0. The molecule has 1 nitrogen and oxygen atoms in total. The lowest BCUT2D eigenvalue weighted by atomic mass is 9.88. The molecule has 0 aliphatic rings. The number of hydrogen-bond acceptors (Lipinski definition) is 1. The molecule has 0 aliphatic carbocycles. The Labute approximate surface area is 197 Å². The normalized spacial score (nSPS) is 12.2. The summed E-state index contributed by atoms with van der Waals surface area (Å²) in [6.07, 6.45) is 1.98. The van der Waals surface area contributed by atoms with E-state index in [-0.39, 0.29) is 0 Å². The predicted octanol–water partition coefficient (Wildman–Crippen LogP) is 9.58. The van der Waals surface area contributed by atoms with Crippen LogP contribution in [0.2, 0.25) is 0 Å². The maximum absolute atomic E-state index is 4.90. The summed E-state index contributed by atoms with van der Waals surface area (Å²) in [7, 11) is 0. The van der Waals surface area contributed by atoms with Gasteiger partial charge in [-0.15, -0.1) is 0 Å². The van der Waals surface area contributed by atoms with Crippen LogP contribution in [0.3, 0.4) is 0 Å². The van der Waals surface area contributed by atoms with Crippen LogP contribution in [0.25, 0.3) is 43.6 Å². The third-order valence-electron chi connectivity index (χ3n) is 7.02. The van der Waals surface area contributed by atoms with E-state index in [1.54, 1.807) is 0 Å². The first-order chi connectivity index (χ1) is 15.8. The Morgan fingerprint density at radius 3 is 1.73 bits per heavy atom. The molecule has 1 heteroatoms. The molecule has 33 heavy (non-hydrogen) atoms. The van der Waals surface area contributed by atoms with E-state index in [0.29, 0.717) is 17.8 Å². The van der Waals surface area contributed by atoms with E-state index < -0.39 is 0 Å². The second-order valence-corrected chi connectivity index (χ2v) is 10.3. The van der Waals surface area contributed by atoms with Crippen LogP contribution >= 0.6 is 0 Å². The van der Waals surface area contributed by atoms with Gasteiger partial charge in [-0.3, -0.25) is 4.98 Å². The van der Waals surface area contributed by atoms with E-state index in [0.717, 1.165) is 5.69 Å². The number of rotatable bonds is 4. The molecule has 0 saturated carbocycles. The summed E-state index contributed by atoms with van der Waals surface area (Å²) < 4.78 is 0. The molecular formula is C32H33N. The monoisotopic (exact) mass is 431 g/mol. The van der Waals surface area contributed by atoms with Gasteiger partial charge in [0.25, 0.3) is 0 Å². The standard InChI is InChI=1S/C32H33N/c1-19(2)22-15-23(20(3)4)17-24(16-22)32-29-12-11-27-25-9-7-8-10-26(25)30(21(5)6)18-31(27)28(29)13-14-33-32/h7-21H,1-6H3. The van der Waals surface area contributed by atoms with Gasteiger partial charge >= 0.3 is 0 Å². The molecule has 0 amide bonds. The molecular weight excluding hydrogens is 398 g/mol. The van der Waals surface area contributed by atoms with Crippen molar-refractivity contribution in [3.63, 3.8) is 0 Å². The van der Waals surface area contributed by atoms with Crippen molar-refractivity contribution in [1.82, 2.24) is 4.98 Å². The number of nitrogens with zero attached hydrogens (tertiary/aromatic N) is 1. The molecule has 0 N–H and O–H groups in total. The van der Waals surface area contributed by atoms with Crippen LogP contribution in [0.1, 0.15) is 76.0 Å². The second kappa shape index (κ2) is 8.30. The van der Waals surface area contributed by atoms with Gasteiger partial charge in [-0.2, -0.15) is 0 Å². The molecule has 4 aromatic carbocycles. The fraction of sp³-hybridized carbons (Fsp3) is 0.281. The zero-order valence-corrected chi connectivity index (χ0v) is 20.6. The lowest BCUT2D eigenvalue weighted by molar-refractivity contribution is 0.834. The first-order valence-electron chi connectivity index (χ1n) is 12.2. The van der Waals surface area contributed by atoms with Crippen LogP contribution < -0.4 is 0 Å².